The number of amides is 1. The van der Waals surface area contributed by atoms with Crippen molar-refractivity contribution in [2.75, 3.05) is 25.0 Å². The molecule has 1 saturated heterocycles. The van der Waals surface area contributed by atoms with Gasteiger partial charge in [0.15, 0.2) is 5.15 Å². The van der Waals surface area contributed by atoms with E-state index < -0.39 is 5.60 Å². The maximum absolute atomic E-state index is 12.2. The molecule has 1 aromatic rings. The molecule has 1 amide bonds. The summed E-state index contributed by atoms with van der Waals surface area (Å²) in [6, 6.07) is 3.58. The van der Waals surface area contributed by atoms with Crippen LogP contribution in [0.25, 0.3) is 0 Å². The molecule has 1 N–H and O–H groups in total. The summed E-state index contributed by atoms with van der Waals surface area (Å²) in [6.45, 7) is 8.24. The second-order valence-electron chi connectivity index (χ2n) is 7.87. The Morgan fingerprint density at radius 2 is 1.96 bits per heavy atom. The highest BCUT2D eigenvalue weighted by Gasteiger charge is 2.43. The van der Waals surface area contributed by atoms with Gasteiger partial charge in [-0.15, -0.1) is 10.2 Å². The molecular weight excluding hydrogens is 328 g/mol. The van der Waals surface area contributed by atoms with Gasteiger partial charge in [0.25, 0.3) is 0 Å². The van der Waals surface area contributed by atoms with E-state index in [1.165, 1.54) is 0 Å². The zero-order valence-corrected chi connectivity index (χ0v) is 15.2. The van der Waals surface area contributed by atoms with Crippen molar-refractivity contribution in [2.45, 2.75) is 39.2 Å². The third-order valence-electron chi connectivity index (χ3n) is 4.70. The molecule has 1 aromatic heterocycles. The zero-order chi connectivity index (χ0) is 17.3. The Labute approximate surface area is 147 Å². The molecule has 1 aliphatic heterocycles. The number of ether oxygens (including phenoxy) is 1. The van der Waals surface area contributed by atoms with Crippen molar-refractivity contribution >= 4 is 23.5 Å². The van der Waals surface area contributed by atoms with E-state index >= 15 is 0 Å². The number of hydrogen-bond donors (Lipinski definition) is 1. The number of hydrogen-bond acceptors (Lipinski definition) is 5. The van der Waals surface area contributed by atoms with E-state index in [4.69, 9.17) is 16.3 Å². The predicted octanol–water partition coefficient (Wildman–Crippen LogP) is 3.44. The van der Waals surface area contributed by atoms with Gasteiger partial charge in [0.1, 0.15) is 11.4 Å². The van der Waals surface area contributed by atoms with Gasteiger partial charge in [-0.05, 0) is 63.5 Å². The molecular formula is C17H25ClN4O2. The van der Waals surface area contributed by atoms with Crippen molar-refractivity contribution in [3.05, 3.63) is 17.3 Å². The molecule has 3 atom stereocenters. The molecule has 1 unspecified atom stereocenters. The van der Waals surface area contributed by atoms with Gasteiger partial charge in [0, 0.05) is 19.6 Å². The quantitative estimate of drug-likeness (QED) is 0.902. The molecule has 2 heterocycles. The van der Waals surface area contributed by atoms with Crippen molar-refractivity contribution in [3.8, 4) is 0 Å². The van der Waals surface area contributed by atoms with E-state index in [2.05, 4.69) is 15.5 Å². The third-order valence-corrected chi connectivity index (χ3v) is 4.91. The van der Waals surface area contributed by atoms with E-state index in [-0.39, 0.29) is 6.09 Å². The topological polar surface area (TPSA) is 67.3 Å². The lowest BCUT2D eigenvalue weighted by Gasteiger charge is -2.25. The van der Waals surface area contributed by atoms with Crippen LogP contribution in [0.3, 0.4) is 0 Å². The fraction of sp³-hybridized carbons (Fsp3) is 0.706. The monoisotopic (exact) mass is 352 g/mol. The van der Waals surface area contributed by atoms with Crippen LogP contribution in [-0.4, -0.2) is 46.4 Å². The number of rotatable bonds is 3. The normalized spacial score (nSPS) is 26.3. The lowest BCUT2D eigenvalue weighted by molar-refractivity contribution is 0.0278. The smallest absolute Gasteiger partial charge is 0.410 e. The summed E-state index contributed by atoms with van der Waals surface area (Å²) >= 11 is 5.74. The van der Waals surface area contributed by atoms with Gasteiger partial charge in [0.05, 0.1) is 0 Å². The van der Waals surface area contributed by atoms with Gasteiger partial charge in [-0.3, -0.25) is 0 Å². The van der Waals surface area contributed by atoms with E-state index in [0.29, 0.717) is 22.9 Å². The number of fused-ring (bicyclic) bond motifs is 1. The molecule has 1 saturated carbocycles. The summed E-state index contributed by atoms with van der Waals surface area (Å²) in [4.78, 5) is 14.0. The summed E-state index contributed by atoms with van der Waals surface area (Å²) in [5, 5.41) is 11.6. The maximum atomic E-state index is 12.2. The second kappa shape index (κ2) is 6.75. The van der Waals surface area contributed by atoms with E-state index in [9.17, 15) is 4.79 Å². The molecule has 0 aromatic carbocycles. The average Bonchev–Trinajstić information content (AvgIpc) is 3.03. The lowest BCUT2D eigenvalue weighted by atomic mass is 10.0. The number of aromatic nitrogens is 2. The zero-order valence-electron chi connectivity index (χ0n) is 14.5. The molecule has 2 fully saturated rings. The minimum atomic E-state index is -0.430. The van der Waals surface area contributed by atoms with E-state index in [0.717, 1.165) is 38.3 Å². The lowest BCUT2D eigenvalue weighted by Crippen LogP contribution is -2.36. The highest BCUT2D eigenvalue weighted by Crippen LogP contribution is 2.41. The van der Waals surface area contributed by atoms with Gasteiger partial charge >= 0.3 is 6.09 Å². The van der Waals surface area contributed by atoms with Gasteiger partial charge in [-0.2, -0.15) is 0 Å². The Kier molecular flexibility index (Phi) is 4.85. The first-order valence-corrected chi connectivity index (χ1v) is 8.89. The molecule has 2 aliphatic rings. The number of carbonyl (C=O) groups excluding carboxylic acids is 1. The van der Waals surface area contributed by atoms with E-state index in [1.54, 1.807) is 6.07 Å². The Hall–Kier alpha value is -1.56. The van der Waals surface area contributed by atoms with Crippen molar-refractivity contribution in [2.24, 2.45) is 17.8 Å². The molecule has 3 rings (SSSR count). The maximum Gasteiger partial charge on any atom is 0.410 e. The Morgan fingerprint density at radius 3 is 2.50 bits per heavy atom. The van der Waals surface area contributed by atoms with Crippen LogP contribution in [0, 0.1) is 17.8 Å². The number of anilines is 1. The highest BCUT2D eigenvalue weighted by atomic mass is 35.5. The number of nitrogens with zero attached hydrogens (tertiary/aromatic N) is 3. The average molecular weight is 353 g/mol. The van der Waals surface area contributed by atoms with Crippen LogP contribution in [0.15, 0.2) is 12.1 Å². The van der Waals surface area contributed by atoms with Gasteiger partial charge in [0.2, 0.25) is 0 Å². The first-order chi connectivity index (χ1) is 11.3. The molecule has 0 spiro atoms. The van der Waals surface area contributed by atoms with Gasteiger partial charge < -0.3 is 15.0 Å². The van der Waals surface area contributed by atoms with E-state index in [1.807, 2.05) is 31.7 Å². The third kappa shape index (κ3) is 4.29. The van der Waals surface area contributed by atoms with Crippen LogP contribution in [0.2, 0.25) is 5.15 Å². The van der Waals surface area contributed by atoms with Crippen LogP contribution < -0.4 is 5.32 Å². The molecule has 0 radical (unpaired) electrons. The first kappa shape index (κ1) is 17.3. The second-order valence-corrected chi connectivity index (χ2v) is 8.25. The molecule has 7 heteroatoms. The molecule has 0 bridgehead atoms. The minimum Gasteiger partial charge on any atom is -0.444 e. The predicted molar refractivity (Wildman–Crippen MR) is 93.0 cm³/mol. The van der Waals surface area contributed by atoms with Crippen LogP contribution in [0.4, 0.5) is 10.6 Å². The summed E-state index contributed by atoms with van der Waals surface area (Å²) < 4.78 is 5.48. The largest absolute Gasteiger partial charge is 0.444 e. The number of halogens is 1. The summed E-state index contributed by atoms with van der Waals surface area (Å²) in [7, 11) is 0. The Balaban J connectivity index is 1.45. The summed E-state index contributed by atoms with van der Waals surface area (Å²) in [6.07, 6.45) is 2.10. The van der Waals surface area contributed by atoms with Crippen molar-refractivity contribution in [1.29, 1.82) is 0 Å². The molecule has 1 aliphatic carbocycles. The van der Waals surface area contributed by atoms with Crippen LogP contribution in [0.5, 0.6) is 0 Å². The number of likely N-dealkylation sites (tertiary alicyclic amines) is 1. The van der Waals surface area contributed by atoms with Crippen molar-refractivity contribution in [3.63, 3.8) is 0 Å². The first-order valence-electron chi connectivity index (χ1n) is 8.51. The summed E-state index contributed by atoms with van der Waals surface area (Å²) in [5.74, 6) is 2.53. The standard InChI is InChI=1S/C17H25ClN4O2/c1-17(2,3)24-16(23)22-9-12-6-11(7-13(12)10-22)8-19-15-5-4-14(18)20-21-15/h4-5,11-13H,6-10H2,1-3H3,(H,19,21)/t11-,12+,13?/m0/s1. The molecule has 132 valence electrons. The minimum absolute atomic E-state index is 0.178. The Morgan fingerprint density at radius 1 is 1.29 bits per heavy atom. The summed E-state index contributed by atoms with van der Waals surface area (Å²) in [5.41, 5.74) is -0.430. The fourth-order valence-electron chi connectivity index (χ4n) is 3.73. The van der Waals surface area contributed by atoms with Gasteiger partial charge in [-0.1, -0.05) is 11.6 Å². The van der Waals surface area contributed by atoms with Crippen LogP contribution >= 0.6 is 11.6 Å². The number of carbonyl (C=O) groups is 1. The Bertz CT molecular complexity index is 573. The molecule has 24 heavy (non-hydrogen) atoms. The SMILES string of the molecule is CC(C)(C)OC(=O)N1CC2C[C@@H](CNc3ccc(Cl)nn3)C[C@@H]2C1. The van der Waals surface area contributed by atoms with Crippen molar-refractivity contribution < 1.29 is 9.53 Å². The number of nitrogens with one attached hydrogen (secondary N) is 1. The highest BCUT2D eigenvalue weighted by molar-refractivity contribution is 6.29. The fourth-order valence-corrected chi connectivity index (χ4v) is 3.83. The molecule has 6 nitrogen and oxygen atoms in total. The van der Waals surface area contributed by atoms with Crippen LogP contribution in [-0.2, 0) is 4.74 Å². The van der Waals surface area contributed by atoms with Gasteiger partial charge in [-0.25, -0.2) is 4.79 Å². The van der Waals surface area contributed by atoms with Crippen LogP contribution in [0.1, 0.15) is 33.6 Å². The van der Waals surface area contributed by atoms with Crippen molar-refractivity contribution in [1.82, 2.24) is 15.1 Å².